The molecule has 0 N–H and O–H groups in total. The molecule has 2 heterocycles. The van der Waals surface area contributed by atoms with E-state index in [1.807, 2.05) is 22.7 Å². The Morgan fingerprint density at radius 2 is 0.833 bits per heavy atom. The van der Waals surface area contributed by atoms with E-state index in [1.165, 1.54) is 106 Å². The number of thiophene rings is 2. The Kier molecular flexibility index (Phi) is 8.09. The number of fused-ring (bicyclic) bond motifs is 8. The average Bonchev–Trinajstić information content (AvgIpc) is 3.76. The average molecular weight is 725 g/mol. The van der Waals surface area contributed by atoms with E-state index in [4.69, 9.17) is 0 Å². The van der Waals surface area contributed by atoms with E-state index >= 15 is 0 Å². The molecule has 8 aromatic carbocycles. The molecule has 10 rings (SSSR count). The van der Waals surface area contributed by atoms with Crippen LogP contribution in [0.3, 0.4) is 0 Å². The van der Waals surface area contributed by atoms with E-state index in [0.717, 1.165) is 0 Å². The van der Waals surface area contributed by atoms with Crippen LogP contribution in [0.1, 0.15) is 13.8 Å². The summed E-state index contributed by atoms with van der Waals surface area (Å²) >= 11 is 3.78. The minimum Gasteiger partial charge on any atom is -0.135 e. The number of rotatable bonds is 3. The second-order valence-electron chi connectivity index (χ2n) is 13.9. The van der Waals surface area contributed by atoms with E-state index in [0.29, 0.717) is 0 Å². The lowest BCUT2D eigenvalue weighted by Gasteiger charge is -2.09. The molecular weight excluding hydrogens is 689 g/mol. The fourth-order valence-corrected chi connectivity index (χ4v) is 10.4. The van der Waals surface area contributed by atoms with Gasteiger partial charge in [-0.1, -0.05) is 133 Å². The molecule has 2 aromatic heterocycles. The Balaban J connectivity index is 1.07. The molecule has 2 heteroatoms. The predicted octanol–water partition coefficient (Wildman–Crippen LogP) is 14.5. The van der Waals surface area contributed by atoms with Crippen molar-refractivity contribution in [3.63, 3.8) is 0 Å². The molecule has 0 atom stereocenters. The van der Waals surface area contributed by atoms with Crippen molar-refractivity contribution in [2.24, 2.45) is 0 Å². The third-order valence-electron chi connectivity index (χ3n) is 10.8. The fraction of sp³-hybridized carbons (Fsp3) is 0.0385. The van der Waals surface area contributed by atoms with Crippen molar-refractivity contribution in [3.8, 4) is 33.4 Å². The highest BCUT2D eigenvalue weighted by molar-refractivity contribution is 7.26. The Morgan fingerprint density at radius 3 is 1.54 bits per heavy atom. The van der Waals surface area contributed by atoms with E-state index in [1.54, 1.807) is 0 Å². The molecular formula is C52H36S2. The summed E-state index contributed by atoms with van der Waals surface area (Å²) in [6, 6.07) is 62.8. The second-order valence-corrected chi connectivity index (χ2v) is 16.1. The zero-order chi connectivity index (χ0) is 36.2. The van der Waals surface area contributed by atoms with Crippen LogP contribution < -0.4 is 10.4 Å². The van der Waals surface area contributed by atoms with Crippen LogP contribution in [0.25, 0.3) is 107 Å². The molecule has 0 unspecified atom stereocenters. The van der Waals surface area contributed by atoms with Gasteiger partial charge in [-0.3, -0.25) is 0 Å². The Bertz CT molecular complexity index is 3280. The molecule has 0 aliphatic rings. The minimum absolute atomic E-state index is 1.19. The van der Waals surface area contributed by atoms with E-state index in [9.17, 15) is 0 Å². The summed E-state index contributed by atoms with van der Waals surface area (Å²) in [4.78, 5) is 0. The number of benzene rings is 7. The molecule has 256 valence electrons. The van der Waals surface area contributed by atoms with Crippen LogP contribution in [0, 0.1) is 0 Å². The topological polar surface area (TPSA) is 0 Å². The van der Waals surface area contributed by atoms with Crippen LogP contribution >= 0.6 is 22.7 Å². The van der Waals surface area contributed by atoms with Gasteiger partial charge in [0.2, 0.25) is 0 Å². The SMILES string of the molecule is C/C=c1/c(-c2ccc(-c3ccc4sc5cc6cc7c(cc6cc5c4c3)sc3ccccc37)cc2)ccccccc(-c2ccc3ccccc3c2)/c1=C/C. The maximum Gasteiger partial charge on any atom is 0.0361 e. The largest absolute Gasteiger partial charge is 0.135 e. The fourth-order valence-electron chi connectivity index (χ4n) is 8.15. The standard InChI is InChI=1S/C52H36S2/c1-3-41-42(4-2)44(38-24-21-33-13-9-10-14-36(33)27-38)16-8-6-5-7-15-43(41)35-22-19-34(20-23-35)37-25-26-50-47(28-37)48-30-40-31-51-46(29-39(40)32-52(48)54-50)45-17-11-12-18-49(45)53-51/h3-32H,1-2H3/b7-5?,8-6?,41-3+,42-4+,43-15?,44-16?. The van der Waals surface area contributed by atoms with Crippen LogP contribution in [0.4, 0.5) is 0 Å². The highest BCUT2D eigenvalue weighted by Gasteiger charge is 2.12. The van der Waals surface area contributed by atoms with Crippen LogP contribution in [0.15, 0.2) is 170 Å². The van der Waals surface area contributed by atoms with Crippen molar-refractivity contribution < 1.29 is 0 Å². The molecule has 0 spiro atoms. The van der Waals surface area contributed by atoms with Crippen LogP contribution in [0.2, 0.25) is 0 Å². The molecule has 0 aliphatic carbocycles. The van der Waals surface area contributed by atoms with Gasteiger partial charge in [-0.25, -0.2) is 0 Å². The molecule has 0 saturated heterocycles. The maximum atomic E-state index is 2.41. The van der Waals surface area contributed by atoms with Crippen molar-refractivity contribution in [1.82, 2.24) is 0 Å². The highest BCUT2D eigenvalue weighted by Crippen LogP contribution is 2.41. The monoisotopic (exact) mass is 724 g/mol. The molecule has 0 fully saturated rings. The second kappa shape index (κ2) is 13.4. The Hall–Kier alpha value is -6.06. The van der Waals surface area contributed by atoms with Crippen molar-refractivity contribution in [3.05, 3.63) is 180 Å². The molecule has 0 aliphatic heterocycles. The maximum absolute atomic E-state index is 2.41. The zero-order valence-electron chi connectivity index (χ0n) is 30.1. The van der Waals surface area contributed by atoms with E-state index < -0.39 is 0 Å². The van der Waals surface area contributed by atoms with Gasteiger partial charge in [-0.15, -0.1) is 22.7 Å². The van der Waals surface area contributed by atoms with Gasteiger partial charge < -0.3 is 0 Å². The van der Waals surface area contributed by atoms with Crippen molar-refractivity contribution in [1.29, 1.82) is 0 Å². The summed E-state index contributed by atoms with van der Waals surface area (Å²) in [5.74, 6) is 0. The summed E-state index contributed by atoms with van der Waals surface area (Å²) in [6.07, 6.45) is 4.51. The summed E-state index contributed by atoms with van der Waals surface area (Å²) in [5, 5.41) is 12.9. The van der Waals surface area contributed by atoms with Crippen LogP contribution in [-0.4, -0.2) is 0 Å². The van der Waals surface area contributed by atoms with Gasteiger partial charge in [0.15, 0.2) is 0 Å². The van der Waals surface area contributed by atoms with Crippen LogP contribution in [0.5, 0.6) is 0 Å². The lowest BCUT2D eigenvalue weighted by Crippen LogP contribution is -2.27. The smallest absolute Gasteiger partial charge is 0.0361 e. The lowest BCUT2D eigenvalue weighted by atomic mass is 9.95. The van der Waals surface area contributed by atoms with E-state index in [-0.39, 0.29) is 0 Å². The molecule has 0 bridgehead atoms. The first-order chi connectivity index (χ1) is 26.6. The number of hydrogen-bond donors (Lipinski definition) is 0. The third-order valence-corrected chi connectivity index (χ3v) is 13.1. The molecule has 0 saturated carbocycles. The first-order valence-electron chi connectivity index (χ1n) is 18.6. The summed E-state index contributed by atoms with van der Waals surface area (Å²) in [7, 11) is 0. The first-order valence-corrected chi connectivity index (χ1v) is 20.2. The van der Waals surface area contributed by atoms with Crippen molar-refractivity contribution in [2.75, 3.05) is 0 Å². The van der Waals surface area contributed by atoms with Crippen LogP contribution in [-0.2, 0) is 0 Å². The molecule has 0 nitrogen and oxygen atoms in total. The van der Waals surface area contributed by atoms with Crippen molar-refractivity contribution >= 4 is 96.7 Å². The Morgan fingerprint density at radius 1 is 0.315 bits per heavy atom. The van der Waals surface area contributed by atoms with Gasteiger partial charge in [0.1, 0.15) is 0 Å². The van der Waals surface area contributed by atoms with Gasteiger partial charge in [0.25, 0.3) is 0 Å². The van der Waals surface area contributed by atoms with Gasteiger partial charge in [0, 0.05) is 40.3 Å². The minimum atomic E-state index is 1.19. The first kappa shape index (κ1) is 32.6. The lowest BCUT2D eigenvalue weighted by molar-refractivity contribution is 1.49. The third kappa shape index (κ3) is 5.58. The Labute approximate surface area is 322 Å². The predicted molar refractivity (Wildman–Crippen MR) is 241 cm³/mol. The van der Waals surface area contributed by atoms with Gasteiger partial charge >= 0.3 is 0 Å². The van der Waals surface area contributed by atoms with Crippen molar-refractivity contribution in [2.45, 2.75) is 13.8 Å². The summed E-state index contributed by atoms with van der Waals surface area (Å²) in [5.41, 5.74) is 7.27. The van der Waals surface area contributed by atoms with Gasteiger partial charge in [-0.05, 0) is 128 Å². The molecule has 0 radical (unpaired) electrons. The zero-order valence-corrected chi connectivity index (χ0v) is 31.8. The normalized spacial score (nSPS) is 12.5. The highest BCUT2D eigenvalue weighted by atomic mass is 32.1. The van der Waals surface area contributed by atoms with Gasteiger partial charge in [0.05, 0.1) is 0 Å². The molecule has 54 heavy (non-hydrogen) atoms. The van der Waals surface area contributed by atoms with Gasteiger partial charge in [-0.2, -0.15) is 0 Å². The number of hydrogen-bond acceptors (Lipinski definition) is 2. The quantitative estimate of drug-likeness (QED) is 0.170. The summed E-state index contributed by atoms with van der Waals surface area (Å²) in [6.45, 7) is 4.30. The molecule has 10 aromatic rings. The summed E-state index contributed by atoms with van der Waals surface area (Å²) < 4.78 is 5.37. The molecule has 0 amide bonds. The van der Waals surface area contributed by atoms with E-state index in [2.05, 4.69) is 196 Å².